The lowest BCUT2D eigenvalue weighted by Crippen LogP contribution is -2.36. The van der Waals surface area contributed by atoms with Crippen molar-refractivity contribution in [3.05, 3.63) is 28.2 Å². The highest BCUT2D eigenvalue weighted by molar-refractivity contribution is 9.10. The van der Waals surface area contributed by atoms with Crippen LogP contribution in [0.15, 0.2) is 27.6 Å². The highest BCUT2D eigenvalue weighted by atomic mass is 79.9. The molecule has 1 aromatic rings. The van der Waals surface area contributed by atoms with E-state index in [1.165, 1.54) is 0 Å². The zero-order valence-electron chi connectivity index (χ0n) is 9.53. The second-order valence-electron chi connectivity index (χ2n) is 4.22. The minimum absolute atomic E-state index is 0.00150. The third-order valence-corrected chi connectivity index (χ3v) is 4.98. The summed E-state index contributed by atoms with van der Waals surface area (Å²) in [4.78, 5) is 0.346. The second kappa shape index (κ2) is 5.06. The zero-order valence-corrected chi connectivity index (χ0v) is 11.9. The van der Waals surface area contributed by atoms with Gasteiger partial charge >= 0.3 is 0 Å². The molecule has 2 N–H and O–H groups in total. The van der Waals surface area contributed by atoms with Crippen LogP contribution in [0.5, 0.6) is 0 Å². The third kappa shape index (κ3) is 3.07. The Morgan fingerprint density at radius 1 is 1.47 bits per heavy atom. The summed E-state index contributed by atoms with van der Waals surface area (Å²) >= 11 is 3.30. The van der Waals surface area contributed by atoms with Crippen LogP contribution in [0.25, 0.3) is 0 Å². The normalized spacial score (nSPS) is 20.7. The minimum Gasteiger partial charge on any atom is -0.315 e. The predicted molar refractivity (Wildman–Crippen MR) is 70.5 cm³/mol. The number of aryl methyl sites for hydroxylation is 1. The molecule has 0 spiro atoms. The van der Waals surface area contributed by atoms with Gasteiger partial charge in [0, 0.05) is 17.1 Å². The number of hydrogen-bond acceptors (Lipinski definition) is 3. The van der Waals surface area contributed by atoms with Crippen LogP contribution in [0, 0.1) is 6.92 Å². The van der Waals surface area contributed by atoms with Gasteiger partial charge in [-0.2, -0.15) is 0 Å². The van der Waals surface area contributed by atoms with Crippen LogP contribution in [-0.4, -0.2) is 27.5 Å². The van der Waals surface area contributed by atoms with Crippen LogP contribution in [0.2, 0.25) is 0 Å². The van der Waals surface area contributed by atoms with Gasteiger partial charge in [0.1, 0.15) is 0 Å². The van der Waals surface area contributed by atoms with Crippen LogP contribution in [0.1, 0.15) is 12.0 Å². The van der Waals surface area contributed by atoms with Crippen LogP contribution < -0.4 is 10.0 Å². The zero-order chi connectivity index (χ0) is 12.5. The van der Waals surface area contributed by atoms with E-state index in [1.807, 2.05) is 6.07 Å². The molecule has 0 aromatic heterocycles. The van der Waals surface area contributed by atoms with E-state index in [9.17, 15) is 8.42 Å². The first kappa shape index (κ1) is 13.0. The Kier molecular flexibility index (Phi) is 3.87. The van der Waals surface area contributed by atoms with E-state index < -0.39 is 10.0 Å². The Hall–Kier alpha value is -0.430. The highest BCUT2D eigenvalue weighted by Crippen LogP contribution is 2.21. The van der Waals surface area contributed by atoms with Crippen molar-refractivity contribution in [2.24, 2.45) is 0 Å². The molecule has 1 aliphatic heterocycles. The lowest BCUT2D eigenvalue weighted by atomic mass is 10.2. The van der Waals surface area contributed by atoms with Gasteiger partial charge in [-0.1, -0.05) is 22.0 Å². The van der Waals surface area contributed by atoms with Crippen molar-refractivity contribution in [2.75, 3.05) is 13.1 Å². The van der Waals surface area contributed by atoms with Gasteiger partial charge in [0.2, 0.25) is 10.0 Å². The minimum atomic E-state index is -3.42. The molecule has 1 aliphatic rings. The molecule has 0 unspecified atom stereocenters. The molecule has 17 heavy (non-hydrogen) atoms. The summed E-state index contributed by atoms with van der Waals surface area (Å²) in [6, 6.07) is 5.27. The van der Waals surface area contributed by atoms with Gasteiger partial charge in [0.15, 0.2) is 0 Å². The van der Waals surface area contributed by atoms with Gasteiger partial charge in [0.05, 0.1) is 4.90 Å². The maximum Gasteiger partial charge on any atom is 0.241 e. The molecule has 0 radical (unpaired) electrons. The summed E-state index contributed by atoms with van der Waals surface area (Å²) in [6.45, 7) is 3.37. The molecule has 0 saturated carbocycles. The second-order valence-corrected chi connectivity index (χ2v) is 6.82. The molecular formula is C11H15BrN2O2S. The van der Waals surface area contributed by atoms with Crippen LogP contribution in [-0.2, 0) is 10.0 Å². The van der Waals surface area contributed by atoms with Crippen LogP contribution >= 0.6 is 15.9 Å². The number of hydrogen-bond donors (Lipinski definition) is 2. The summed E-state index contributed by atoms with van der Waals surface area (Å²) in [5.74, 6) is 0. The lowest BCUT2D eigenvalue weighted by Gasteiger charge is -2.13. The Bertz CT molecular complexity index is 510. The largest absolute Gasteiger partial charge is 0.315 e. The van der Waals surface area contributed by atoms with Crippen molar-refractivity contribution in [3.8, 4) is 0 Å². The molecule has 94 valence electrons. The van der Waals surface area contributed by atoms with Crippen molar-refractivity contribution in [1.29, 1.82) is 0 Å². The summed E-state index contributed by atoms with van der Waals surface area (Å²) in [6.07, 6.45) is 0.840. The van der Waals surface area contributed by atoms with Gasteiger partial charge in [0.25, 0.3) is 0 Å². The van der Waals surface area contributed by atoms with Gasteiger partial charge < -0.3 is 5.32 Å². The predicted octanol–water partition coefficient (Wildman–Crippen LogP) is 1.40. The number of rotatable bonds is 3. The maximum absolute atomic E-state index is 12.2. The molecule has 1 heterocycles. The summed E-state index contributed by atoms with van der Waals surface area (Å²) in [5.41, 5.74) is 0.756. The van der Waals surface area contributed by atoms with Crippen molar-refractivity contribution in [1.82, 2.24) is 10.0 Å². The average Bonchev–Trinajstić information content (AvgIpc) is 2.73. The van der Waals surface area contributed by atoms with E-state index in [4.69, 9.17) is 0 Å². The Balaban J connectivity index is 2.27. The lowest BCUT2D eigenvalue weighted by molar-refractivity contribution is 0.559. The molecule has 1 aromatic carbocycles. The van der Waals surface area contributed by atoms with Gasteiger partial charge in [-0.15, -0.1) is 0 Å². The Morgan fingerprint density at radius 2 is 2.24 bits per heavy atom. The Morgan fingerprint density at radius 3 is 2.88 bits per heavy atom. The van der Waals surface area contributed by atoms with Gasteiger partial charge in [-0.3, -0.25) is 0 Å². The first-order valence-electron chi connectivity index (χ1n) is 5.48. The van der Waals surface area contributed by atoms with E-state index >= 15 is 0 Å². The van der Waals surface area contributed by atoms with Crippen molar-refractivity contribution < 1.29 is 8.42 Å². The van der Waals surface area contributed by atoms with E-state index in [2.05, 4.69) is 26.0 Å². The van der Waals surface area contributed by atoms with Crippen molar-refractivity contribution >= 4 is 26.0 Å². The first-order valence-corrected chi connectivity index (χ1v) is 7.76. The molecule has 0 bridgehead atoms. The summed E-state index contributed by atoms with van der Waals surface area (Å²) in [5, 5.41) is 3.14. The van der Waals surface area contributed by atoms with Crippen LogP contribution in [0.4, 0.5) is 0 Å². The monoisotopic (exact) mass is 318 g/mol. The quantitative estimate of drug-likeness (QED) is 0.885. The molecule has 4 nitrogen and oxygen atoms in total. The van der Waals surface area contributed by atoms with E-state index in [-0.39, 0.29) is 6.04 Å². The van der Waals surface area contributed by atoms with Crippen LogP contribution in [0.3, 0.4) is 0 Å². The first-order chi connectivity index (χ1) is 7.99. The topological polar surface area (TPSA) is 58.2 Å². The molecule has 1 saturated heterocycles. The van der Waals surface area contributed by atoms with Gasteiger partial charge in [-0.05, 0) is 37.6 Å². The van der Waals surface area contributed by atoms with E-state index in [0.29, 0.717) is 11.4 Å². The molecule has 1 fully saturated rings. The maximum atomic E-state index is 12.2. The number of benzene rings is 1. The fourth-order valence-electron chi connectivity index (χ4n) is 1.90. The Labute approximate surface area is 110 Å². The smallest absolute Gasteiger partial charge is 0.241 e. The number of halogens is 1. The summed E-state index contributed by atoms with van der Waals surface area (Å²) in [7, 11) is -3.42. The molecule has 6 heteroatoms. The van der Waals surface area contributed by atoms with Gasteiger partial charge in [-0.25, -0.2) is 13.1 Å². The average molecular weight is 319 g/mol. The molecule has 0 amide bonds. The number of nitrogens with one attached hydrogen (secondary N) is 2. The third-order valence-electron chi connectivity index (χ3n) is 2.82. The van der Waals surface area contributed by atoms with Crippen molar-refractivity contribution in [3.63, 3.8) is 0 Å². The fourth-order valence-corrected chi connectivity index (χ4v) is 3.96. The highest BCUT2D eigenvalue weighted by Gasteiger charge is 2.23. The SMILES string of the molecule is Cc1ccc(Br)cc1S(=O)(=O)N[C@H]1CCNC1. The molecule has 1 atom stereocenters. The van der Waals surface area contributed by atoms with Crippen molar-refractivity contribution in [2.45, 2.75) is 24.3 Å². The fraction of sp³-hybridized carbons (Fsp3) is 0.455. The summed E-state index contributed by atoms with van der Waals surface area (Å²) < 4.78 is 27.9. The standard InChI is InChI=1S/C11H15BrN2O2S/c1-8-2-3-9(12)6-11(8)17(15,16)14-10-4-5-13-7-10/h2-3,6,10,13-14H,4-5,7H2,1H3/t10-/m0/s1. The van der Waals surface area contributed by atoms with E-state index in [0.717, 1.165) is 23.0 Å². The molecular weight excluding hydrogens is 304 g/mol. The molecule has 2 rings (SSSR count). The molecule has 0 aliphatic carbocycles. The number of sulfonamides is 1. The van der Waals surface area contributed by atoms with E-state index in [1.54, 1.807) is 19.1 Å².